The standard InChI is InChI=1S/C21H36N2O/c1-21(2)17-20(11-15-24-21)19(10-12-22-13-14-23(3)4)16-18-8-6-5-7-9-18/h5-9,19-20,22H,10-17H2,1-4H3/p+2/t19-,20-/m0/s1. The lowest BCUT2D eigenvalue weighted by atomic mass is 9.76. The normalized spacial score (nSPS) is 21.8. The number of benzene rings is 1. The van der Waals surface area contributed by atoms with Crippen LogP contribution in [0.1, 0.15) is 38.7 Å². The molecule has 0 radical (unpaired) electrons. The molecule has 136 valence electrons. The fourth-order valence-electron chi connectivity index (χ4n) is 3.97. The van der Waals surface area contributed by atoms with Crippen molar-refractivity contribution in [2.45, 2.75) is 45.1 Å². The lowest BCUT2D eigenvalue weighted by Gasteiger charge is -2.39. The highest BCUT2D eigenvalue weighted by molar-refractivity contribution is 5.15. The van der Waals surface area contributed by atoms with Crippen LogP contribution in [0.4, 0.5) is 0 Å². The molecule has 1 aromatic carbocycles. The summed E-state index contributed by atoms with van der Waals surface area (Å²) in [5.41, 5.74) is 1.54. The zero-order chi connectivity index (χ0) is 17.4. The molecular weight excluding hydrogens is 296 g/mol. The Balaban J connectivity index is 1.91. The number of nitrogens with one attached hydrogen (secondary N) is 1. The van der Waals surface area contributed by atoms with Crippen LogP contribution in [-0.4, -0.2) is 45.9 Å². The van der Waals surface area contributed by atoms with Crippen LogP contribution in [0.15, 0.2) is 30.3 Å². The van der Waals surface area contributed by atoms with Gasteiger partial charge in [-0.1, -0.05) is 30.3 Å². The molecule has 1 aliphatic heterocycles. The topological polar surface area (TPSA) is 30.3 Å². The fraction of sp³-hybridized carbons (Fsp3) is 0.714. The number of ether oxygens (including phenoxy) is 1. The molecule has 3 nitrogen and oxygen atoms in total. The number of hydrogen-bond donors (Lipinski definition) is 2. The van der Waals surface area contributed by atoms with Crippen LogP contribution in [0.5, 0.6) is 0 Å². The Bertz CT molecular complexity index is 458. The van der Waals surface area contributed by atoms with Gasteiger partial charge >= 0.3 is 0 Å². The van der Waals surface area contributed by atoms with Crippen molar-refractivity contribution in [1.82, 2.24) is 0 Å². The number of quaternary nitrogens is 2. The second-order valence-electron chi connectivity index (χ2n) is 8.42. The average molecular weight is 335 g/mol. The molecule has 0 spiro atoms. The lowest BCUT2D eigenvalue weighted by molar-refractivity contribution is -0.874. The molecule has 2 rings (SSSR count). The summed E-state index contributed by atoms with van der Waals surface area (Å²) in [7, 11) is 4.46. The summed E-state index contributed by atoms with van der Waals surface area (Å²) < 4.78 is 5.95. The van der Waals surface area contributed by atoms with E-state index >= 15 is 0 Å². The molecule has 0 aliphatic carbocycles. The summed E-state index contributed by atoms with van der Waals surface area (Å²) in [5.74, 6) is 1.57. The first-order valence-electron chi connectivity index (χ1n) is 9.75. The van der Waals surface area contributed by atoms with Crippen molar-refractivity contribution in [3.8, 4) is 0 Å². The molecule has 0 amide bonds. The van der Waals surface area contributed by atoms with E-state index in [2.05, 4.69) is 63.6 Å². The van der Waals surface area contributed by atoms with Gasteiger partial charge in [-0.05, 0) is 56.9 Å². The second-order valence-corrected chi connectivity index (χ2v) is 8.42. The van der Waals surface area contributed by atoms with Crippen LogP contribution in [0.2, 0.25) is 0 Å². The van der Waals surface area contributed by atoms with Crippen molar-refractivity contribution in [3.63, 3.8) is 0 Å². The largest absolute Gasteiger partial charge is 0.376 e. The first-order valence-corrected chi connectivity index (χ1v) is 9.75. The van der Waals surface area contributed by atoms with Gasteiger partial charge in [0.05, 0.1) is 26.2 Å². The Kier molecular flexibility index (Phi) is 7.73. The Labute approximate surface area is 148 Å². The summed E-state index contributed by atoms with van der Waals surface area (Å²) in [6.07, 6.45) is 4.96. The molecular formula is C21H38N2O+2. The number of hydrogen-bond acceptors (Lipinski definition) is 1. The molecule has 1 aromatic rings. The first kappa shape index (κ1) is 19.4. The quantitative estimate of drug-likeness (QED) is 0.652. The van der Waals surface area contributed by atoms with Crippen LogP contribution in [0, 0.1) is 11.8 Å². The van der Waals surface area contributed by atoms with E-state index in [1.165, 1.54) is 50.9 Å². The molecule has 0 unspecified atom stereocenters. The molecule has 0 saturated carbocycles. The predicted molar refractivity (Wildman–Crippen MR) is 100 cm³/mol. The predicted octanol–water partition coefficient (Wildman–Crippen LogP) is 1.15. The van der Waals surface area contributed by atoms with E-state index in [4.69, 9.17) is 4.74 Å². The maximum absolute atomic E-state index is 5.95. The molecule has 2 atom stereocenters. The zero-order valence-corrected chi connectivity index (χ0v) is 16.2. The summed E-state index contributed by atoms with van der Waals surface area (Å²) in [5, 5.41) is 2.51. The Morgan fingerprint density at radius 3 is 2.62 bits per heavy atom. The highest BCUT2D eigenvalue weighted by Crippen LogP contribution is 2.36. The van der Waals surface area contributed by atoms with Gasteiger partial charge in [0.15, 0.2) is 0 Å². The second kappa shape index (κ2) is 9.55. The van der Waals surface area contributed by atoms with Crippen LogP contribution < -0.4 is 10.2 Å². The third kappa shape index (κ3) is 6.92. The zero-order valence-electron chi connectivity index (χ0n) is 16.2. The van der Waals surface area contributed by atoms with Gasteiger partial charge in [-0.15, -0.1) is 0 Å². The summed E-state index contributed by atoms with van der Waals surface area (Å²) in [6.45, 7) is 9.17. The van der Waals surface area contributed by atoms with E-state index in [0.29, 0.717) is 0 Å². The van der Waals surface area contributed by atoms with Gasteiger partial charge in [-0.3, -0.25) is 0 Å². The van der Waals surface area contributed by atoms with E-state index in [1.54, 1.807) is 4.90 Å². The van der Waals surface area contributed by atoms with Crippen LogP contribution >= 0.6 is 0 Å². The molecule has 0 bridgehead atoms. The average Bonchev–Trinajstić information content (AvgIpc) is 2.53. The highest BCUT2D eigenvalue weighted by Gasteiger charge is 2.33. The van der Waals surface area contributed by atoms with Crippen LogP contribution in [0.3, 0.4) is 0 Å². The third-order valence-electron chi connectivity index (χ3n) is 5.33. The van der Waals surface area contributed by atoms with Crippen molar-refractivity contribution < 1.29 is 15.0 Å². The van der Waals surface area contributed by atoms with Crippen molar-refractivity contribution in [2.75, 3.05) is 40.3 Å². The van der Waals surface area contributed by atoms with Crippen molar-refractivity contribution in [1.29, 1.82) is 0 Å². The first-order chi connectivity index (χ1) is 11.5. The smallest absolute Gasteiger partial charge is 0.126 e. The molecule has 1 heterocycles. The minimum absolute atomic E-state index is 0.0514. The lowest BCUT2D eigenvalue weighted by Crippen LogP contribution is -3.09. The Morgan fingerprint density at radius 1 is 1.21 bits per heavy atom. The van der Waals surface area contributed by atoms with E-state index in [9.17, 15) is 0 Å². The number of likely N-dealkylation sites (N-methyl/N-ethyl adjacent to an activating group) is 1. The molecule has 1 aliphatic rings. The maximum atomic E-state index is 5.95. The molecule has 1 fully saturated rings. The van der Waals surface area contributed by atoms with Gasteiger partial charge < -0.3 is 15.0 Å². The summed E-state index contributed by atoms with van der Waals surface area (Å²) >= 11 is 0. The van der Waals surface area contributed by atoms with Crippen molar-refractivity contribution in [2.24, 2.45) is 11.8 Å². The molecule has 0 aromatic heterocycles. The van der Waals surface area contributed by atoms with Gasteiger partial charge in [0.2, 0.25) is 0 Å². The monoisotopic (exact) mass is 334 g/mol. The van der Waals surface area contributed by atoms with Gasteiger partial charge in [0.1, 0.15) is 13.1 Å². The fourth-order valence-corrected chi connectivity index (χ4v) is 3.97. The Hall–Kier alpha value is -0.900. The van der Waals surface area contributed by atoms with E-state index < -0.39 is 0 Å². The summed E-state index contributed by atoms with van der Waals surface area (Å²) in [4.78, 5) is 1.54. The minimum Gasteiger partial charge on any atom is -0.376 e. The van der Waals surface area contributed by atoms with Crippen molar-refractivity contribution >= 4 is 0 Å². The number of rotatable bonds is 9. The van der Waals surface area contributed by atoms with E-state index in [-0.39, 0.29) is 5.60 Å². The third-order valence-corrected chi connectivity index (χ3v) is 5.33. The Morgan fingerprint density at radius 2 is 1.96 bits per heavy atom. The van der Waals surface area contributed by atoms with E-state index in [0.717, 1.165) is 18.4 Å². The van der Waals surface area contributed by atoms with Crippen LogP contribution in [-0.2, 0) is 11.2 Å². The molecule has 24 heavy (non-hydrogen) atoms. The van der Waals surface area contributed by atoms with E-state index in [1.807, 2.05) is 0 Å². The van der Waals surface area contributed by atoms with Gasteiger partial charge in [0.25, 0.3) is 0 Å². The minimum atomic E-state index is 0.0514. The molecule has 3 heteroatoms. The van der Waals surface area contributed by atoms with Crippen molar-refractivity contribution in [3.05, 3.63) is 35.9 Å². The molecule has 3 N–H and O–H groups in total. The summed E-state index contributed by atoms with van der Waals surface area (Å²) in [6, 6.07) is 11.0. The molecule has 1 saturated heterocycles. The van der Waals surface area contributed by atoms with Gasteiger partial charge in [-0.25, -0.2) is 0 Å². The number of nitrogens with two attached hydrogens (primary N) is 1. The highest BCUT2D eigenvalue weighted by atomic mass is 16.5. The van der Waals surface area contributed by atoms with Gasteiger partial charge in [0, 0.05) is 6.61 Å². The maximum Gasteiger partial charge on any atom is 0.126 e. The SMILES string of the molecule is C[NH+](C)CC[NH2+]CC[C@@H](Cc1ccccc1)[C@H]1CCOC(C)(C)C1. The van der Waals surface area contributed by atoms with Crippen LogP contribution in [0.25, 0.3) is 0 Å². The van der Waals surface area contributed by atoms with Gasteiger partial charge in [-0.2, -0.15) is 0 Å².